The maximum Gasteiger partial charge on any atom is 0.228 e. The maximum absolute atomic E-state index is 13.1. The molecule has 1 amide bonds. The van der Waals surface area contributed by atoms with E-state index in [-0.39, 0.29) is 17.4 Å². The third-order valence-electron chi connectivity index (χ3n) is 2.55. The summed E-state index contributed by atoms with van der Waals surface area (Å²) in [6.07, 6.45) is 0.126. The summed E-state index contributed by atoms with van der Waals surface area (Å²) < 4.78 is 13.1. The highest BCUT2D eigenvalue weighted by Crippen LogP contribution is 2.19. The summed E-state index contributed by atoms with van der Waals surface area (Å²) in [5, 5.41) is 2.81. The lowest BCUT2D eigenvalue weighted by atomic mass is 10.1. The molecule has 0 saturated heterocycles. The lowest BCUT2D eigenvalue weighted by Gasteiger charge is -2.07. The molecule has 3 N–H and O–H groups in total. The fourth-order valence-electron chi connectivity index (χ4n) is 1.70. The quantitative estimate of drug-likeness (QED) is 0.847. The zero-order valence-electron chi connectivity index (χ0n) is 9.99. The van der Waals surface area contributed by atoms with Gasteiger partial charge in [-0.2, -0.15) is 0 Å². The van der Waals surface area contributed by atoms with Crippen molar-refractivity contribution in [2.24, 2.45) is 0 Å². The number of nitrogens with two attached hydrogens (primary N) is 1. The first kappa shape index (κ1) is 13.4. The Bertz CT molecular complexity index is 596. The highest BCUT2D eigenvalue weighted by molar-refractivity contribution is 6.30. The molecule has 0 heterocycles. The van der Waals surface area contributed by atoms with Gasteiger partial charge in [0.2, 0.25) is 5.91 Å². The highest BCUT2D eigenvalue weighted by Gasteiger charge is 2.07. The van der Waals surface area contributed by atoms with E-state index in [0.29, 0.717) is 11.4 Å². The van der Waals surface area contributed by atoms with Gasteiger partial charge in [0, 0.05) is 16.4 Å². The van der Waals surface area contributed by atoms with Crippen LogP contribution in [0.5, 0.6) is 0 Å². The van der Waals surface area contributed by atoms with Gasteiger partial charge < -0.3 is 11.1 Å². The average molecular weight is 279 g/mol. The van der Waals surface area contributed by atoms with Crippen molar-refractivity contribution in [3.63, 3.8) is 0 Å². The molecule has 0 aliphatic carbocycles. The third-order valence-corrected chi connectivity index (χ3v) is 2.77. The van der Waals surface area contributed by atoms with Crippen LogP contribution in [0.2, 0.25) is 5.02 Å². The smallest absolute Gasteiger partial charge is 0.228 e. The lowest BCUT2D eigenvalue weighted by Crippen LogP contribution is -2.15. The topological polar surface area (TPSA) is 55.1 Å². The van der Waals surface area contributed by atoms with Crippen molar-refractivity contribution < 1.29 is 9.18 Å². The zero-order valence-corrected chi connectivity index (χ0v) is 10.7. The predicted octanol–water partition coefficient (Wildman–Crippen LogP) is 3.24. The molecular weight excluding hydrogens is 267 g/mol. The van der Waals surface area contributed by atoms with Gasteiger partial charge in [-0.1, -0.05) is 29.8 Å². The summed E-state index contributed by atoms with van der Waals surface area (Å²) in [5.74, 6) is -0.776. The minimum absolute atomic E-state index is 0.126. The Morgan fingerprint density at radius 2 is 2.00 bits per heavy atom. The van der Waals surface area contributed by atoms with E-state index in [1.54, 1.807) is 24.3 Å². The lowest BCUT2D eigenvalue weighted by molar-refractivity contribution is -0.115. The van der Waals surface area contributed by atoms with E-state index in [1.165, 1.54) is 18.2 Å². The second kappa shape index (κ2) is 5.71. The van der Waals surface area contributed by atoms with Crippen LogP contribution >= 0.6 is 11.6 Å². The Balaban J connectivity index is 2.07. The fraction of sp³-hybridized carbons (Fsp3) is 0.0714. The van der Waals surface area contributed by atoms with Crippen molar-refractivity contribution in [1.29, 1.82) is 0 Å². The van der Waals surface area contributed by atoms with Gasteiger partial charge in [0.15, 0.2) is 0 Å². The molecule has 5 heteroatoms. The summed E-state index contributed by atoms with van der Waals surface area (Å²) in [6.45, 7) is 0. The van der Waals surface area contributed by atoms with Crippen LogP contribution in [-0.2, 0) is 11.2 Å². The molecule has 0 aliphatic heterocycles. The predicted molar refractivity (Wildman–Crippen MR) is 74.6 cm³/mol. The molecule has 0 bridgehead atoms. The second-order valence-electron chi connectivity index (χ2n) is 4.08. The summed E-state index contributed by atoms with van der Waals surface area (Å²) in [5.41, 5.74) is 7.35. The van der Waals surface area contributed by atoms with Crippen LogP contribution < -0.4 is 11.1 Å². The summed E-state index contributed by atoms with van der Waals surface area (Å²) >= 11 is 5.71. The molecule has 2 aromatic carbocycles. The van der Waals surface area contributed by atoms with Crippen molar-refractivity contribution in [2.75, 3.05) is 11.1 Å². The van der Waals surface area contributed by atoms with Crippen LogP contribution in [0.3, 0.4) is 0 Å². The number of carbonyl (C=O) groups excluding carboxylic acids is 1. The van der Waals surface area contributed by atoms with Gasteiger partial charge in [-0.05, 0) is 29.8 Å². The molecule has 0 spiro atoms. The van der Waals surface area contributed by atoms with Gasteiger partial charge in [-0.25, -0.2) is 4.39 Å². The summed E-state index contributed by atoms with van der Waals surface area (Å²) in [4.78, 5) is 11.8. The number of halogens is 2. The van der Waals surface area contributed by atoms with Gasteiger partial charge in [0.1, 0.15) is 5.82 Å². The van der Waals surface area contributed by atoms with Crippen molar-refractivity contribution >= 4 is 28.9 Å². The number of rotatable bonds is 3. The number of amides is 1. The Morgan fingerprint density at radius 3 is 2.68 bits per heavy atom. The van der Waals surface area contributed by atoms with Crippen LogP contribution in [0.15, 0.2) is 42.5 Å². The summed E-state index contributed by atoms with van der Waals surface area (Å²) in [7, 11) is 0. The Kier molecular flexibility index (Phi) is 4.02. The zero-order chi connectivity index (χ0) is 13.8. The van der Waals surface area contributed by atoms with Gasteiger partial charge in [0.05, 0.1) is 6.42 Å². The Labute approximate surface area is 115 Å². The normalized spacial score (nSPS) is 10.2. The number of hydrogen-bond donors (Lipinski definition) is 2. The number of anilines is 2. The largest absolute Gasteiger partial charge is 0.398 e. The minimum Gasteiger partial charge on any atom is -0.398 e. The molecule has 0 aliphatic rings. The van der Waals surface area contributed by atoms with E-state index in [0.717, 1.165) is 5.56 Å². The molecule has 2 rings (SSSR count). The van der Waals surface area contributed by atoms with Crippen LogP contribution in [-0.4, -0.2) is 5.91 Å². The highest BCUT2D eigenvalue weighted by atomic mass is 35.5. The molecule has 0 radical (unpaired) electrons. The first-order chi connectivity index (χ1) is 9.04. The fourth-order valence-corrected chi connectivity index (χ4v) is 1.92. The van der Waals surface area contributed by atoms with Crippen LogP contribution in [0.4, 0.5) is 15.8 Å². The van der Waals surface area contributed by atoms with Crippen molar-refractivity contribution in [3.05, 3.63) is 58.9 Å². The number of nitrogen functional groups attached to an aromatic ring is 1. The molecule has 0 fully saturated rings. The van der Waals surface area contributed by atoms with Gasteiger partial charge in [-0.3, -0.25) is 4.79 Å². The molecular formula is C14H12ClFN2O. The summed E-state index contributed by atoms with van der Waals surface area (Å²) in [6, 6.07) is 11.0. The van der Waals surface area contributed by atoms with Crippen molar-refractivity contribution in [3.8, 4) is 0 Å². The van der Waals surface area contributed by atoms with Gasteiger partial charge in [-0.15, -0.1) is 0 Å². The first-order valence-electron chi connectivity index (χ1n) is 5.64. The third kappa shape index (κ3) is 3.69. The standard InChI is InChI=1S/C14H12ClFN2O/c15-10-6-11(16)8-12(7-10)18-14(19)5-9-3-1-2-4-13(9)17/h1-4,6-8H,5,17H2,(H,18,19). The SMILES string of the molecule is Nc1ccccc1CC(=O)Nc1cc(F)cc(Cl)c1. The second-order valence-corrected chi connectivity index (χ2v) is 4.52. The van der Waals surface area contributed by atoms with Crippen molar-refractivity contribution in [1.82, 2.24) is 0 Å². The van der Waals surface area contributed by atoms with Gasteiger partial charge >= 0.3 is 0 Å². The average Bonchev–Trinajstić information content (AvgIpc) is 2.30. The molecule has 0 atom stereocenters. The molecule has 0 saturated carbocycles. The first-order valence-corrected chi connectivity index (χ1v) is 6.02. The molecule has 98 valence electrons. The number of carbonyl (C=O) groups is 1. The molecule has 19 heavy (non-hydrogen) atoms. The number of nitrogens with one attached hydrogen (secondary N) is 1. The number of hydrogen-bond acceptors (Lipinski definition) is 2. The monoisotopic (exact) mass is 278 g/mol. The molecule has 3 nitrogen and oxygen atoms in total. The maximum atomic E-state index is 13.1. The van der Waals surface area contributed by atoms with E-state index in [2.05, 4.69) is 5.32 Å². The molecule has 2 aromatic rings. The van der Waals surface area contributed by atoms with Crippen LogP contribution in [0.25, 0.3) is 0 Å². The number of para-hydroxylation sites is 1. The van der Waals surface area contributed by atoms with E-state index >= 15 is 0 Å². The Morgan fingerprint density at radius 1 is 1.26 bits per heavy atom. The molecule has 0 aromatic heterocycles. The van der Waals surface area contributed by atoms with Crippen LogP contribution in [0, 0.1) is 5.82 Å². The molecule has 0 unspecified atom stereocenters. The minimum atomic E-state index is -0.498. The Hall–Kier alpha value is -2.07. The van der Waals surface area contributed by atoms with Crippen molar-refractivity contribution in [2.45, 2.75) is 6.42 Å². The number of benzene rings is 2. The van der Waals surface area contributed by atoms with Gasteiger partial charge in [0.25, 0.3) is 0 Å². The van der Waals surface area contributed by atoms with E-state index in [1.807, 2.05) is 0 Å². The van der Waals surface area contributed by atoms with Crippen LogP contribution in [0.1, 0.15) is 5.56 Å². The van der Waals surface area contributed by atoms with E-state index in [9.17, 15) is 9.18 Å². The van der Waals surface area contributed by atoms with E-state index < -0.39 is 5.82 Å². The van der Waals surface area contributed by atoms with E-state index in [4.69, 9.17) is 17.3 Å².